The number of hydrogen-bond acceptors (Lipinski definition) is 7. The fraction of sp³-hybridized carbons (Fsp3) is 0. The van der Waals surface area contributed by atoms with E-state index in [1.165, 1.54) is 12.3 Å². The van der Waals surface area contributed by atoms with Crippen molar-refractivity contribution < 1.29 is 0 Å². The summed E-state index contributed by atoms with van der Waals surface area (Å²) in [4.78, 5) is 8.18. The zero-order valence-electron chi connectivity index (χ0n) is 15.1. The van der Waals surface area contributed by atoms with Crippen LogP contribution in [0.25, 0.3) is 16.9 Å². The van der Waals surface area contributed by atoms with Crippen LogP contribution in [0.15, 0.2) is 61.1 Å². The number of nitrogens with two attached hydrogens (primary N) is 3. The molecular weight excluding hydrogens is 388 g/mol. The van der Waals surface area contributed by atoms with Gasteiger partial charge < -0.3 is 21.6 Å². The molecule has 0 saturated carbocycles. The topological polar surface area (TPSA) is 156 Å². The van der Waals surface area contributed by atoms with Crippen LogP contribution in [0.4, 0.5) is 17.2 Å². The van der Waals surface area contributed by atoms with Crippen LogP contribution in [0, 0.1) is 22.7 Å². The number of nitriles is 2. The lowest BCUT2D eigenvalue weighted by atomic mass is 10.2. The number of nitrogens with zero attached hydrogens (tertiary/aromatic N) is 5. The van der Waals surface area contributed by atoms with Gasteiger partial charge in [-0.3, -0.25) is 0 Å². The number of pyridine rings is 2. The third kappa shape index (κ3) is 4.72. The average molecular weight is 405 g/mol. The van der Waals surface area contributed by atoms with Crippen LogP contribution < -0.4 is 17.2 Å². The number of imidazole rings is 1. The van der Waals surface area contributed by atoms with Crippen LogP contribution in [0.1, 0.15) is 11.1 Å². The summed E-state index contributed by atoms with van der Waals surface area (Å²) in [6.07, 6.45) is 4.94. The maximum absolute atomic E-state index is 8.94. The van der Waals surface area contributed by atoms with Crippen molar-refractivity contribution in [3.63, 3.8) is 0 Å². The van der Waals surface area contributed by atoms with Gasteiger partial charge >= 0.3 is 0 Å². The first-order valence-corrected chi connectivity index (χ1v) is 8.16. The zero-order valence-corrected chi connectivity index (χ0v) is 16.0. The molecule has 0 spiro atoms. The molecule has 0 saturated heterocycles. The SMILES string of the molecule is Cl.N#Cc1cn2cc(-c3ccccc3)nc2cc1N.N#Cc1cnc(N)cc1N. The molecule has 4 aromatic rings. The number of halogens is 1. The quantitative estimate of drug-likeness (QED) is 0.440. The van der Waals surface area contributed by atoms with Crippen LogP contribution in [-0.2, 0) is 0 Å². The van der Waals surface area contributed by atoms with Crippen molar-refractivity contribution in [2.45, 2.75) is 0 Å². The van der Waals surface area contributed by atoms with E-state index in [0.29, 0.717) is 28.3 Å². The summed E-state index contributed by atoms with van der Waals surface area (Å²) in [5.41, 5.74) is 20.7. The maximum Gasteiger partial charge on any atom is 0.139 e. The fourth-order valence-corrected chi connectivity index (χ4v) is 2.47. The molecule has 0 unspecified atom stereocenters. The Balaban J connectivity index is 0.000000234. The second-order valence-electron chi connectivity index (χ2n) is 5.82. The van der Waals surface area contributed by atoms with Gasteiger partial charge in [0.1, 0.15) is 23.6 Å². The highest BCUT2D eigenvalue weighted by molar-refractivity contribution is 5.85. The van der Waals surface area contributed by atoms with E-state index in [-0.39, 0.29) is 12.4 Å². The molecular formula is C20H17ClN8. The number of rotatable bonds is 1. The van der Waals surface area contributed by atoms with Crippen LogP contribution in [0.5, 0.6) is 0 Å². The minimum absolute atomic E-state index is 0. The lowest BCUT2D eigenvalue weighted by Gasteiger charge is -1.97. The molecule has 0 atom stereocenters. The second-order valence-corrected chi connectivity index (χ2v) is 5.82. The Kier molecular flexibility index (Phi) is 6.59. The zero-order chi connectivity index (χ0) is 20.1. The fourth-order valence-electron chi connectivity index (χ4n) is 2.47. The van der Waals surface area contributed by atoms with Gasteiger partial charge in [0.2, 0.25) is 0 Å². The van der Waals surface area contributed by atoms with Gasteiger partial charge in [-0.2, -0.15) is 10.5 Å². The summed E-state index contributed by atoms with van der Waals surface area (Å²) < 4.78 is 1.82. The summed E-state index contributed by atoms with van der Waals surface area (Å²) in [6, 6.07) is 17.0. The van der Waals surface area contributed by atoms with Crippen molar-refractivity contribution in [2.75, 3.05) is 17.2 Å². The third-order valence-corrected chi connectivity index (χ3v) is 3.89. The van der Waals surface area contributed by atoms with Gasteiger partial charge in [-0.05, 0) is 0 Å². The highest BCUT2D eigenvalue weighted by Crippen LogP contribution is 2.21. The van der Waals surface area contributed by atoms with Gasteiger partial charge in [-0.1, -0.05) is 30.3 Å². The van der Waals surface area contributed by atoms with E-state index in [9.17, 15) is 0 Å². The molecule has 144 valence electrons. The molecule has 9 heteroatoms. The van der Waals surface area contributed by atoms with E-state index in [0.717, 1.165) is 16.9 Å². The van der Waals surface area contributed by atoms with E-state index >= 15 is 0 Å². The Morgan fingerprint density at radius 2 is 1.52 bits per heavy atom. The molecule has 8 nitrogen and oxygen atoms in total. The Morgan fingerprint density at radius 3 is 2.14 bits per heavy atom. The molecule has 4 rings (SSSR count). The summed E-state index contributed by atoms with van der Waals surface area (Å²) in [6.45, 7) is 0. The molecule has 0 amide bonds. The average Bonchev–Trinajstić information content (AvgIpc) is 3.11. The van der Waals surface area contributed by atoms with Crippen LogP contribution >= 0.6 is 12.4 Å². The Bertz CT molecular complexity index is 1220. The maximum atomic E-state index is 8.94. The number of hydrogen-bond donors (Lipinski definition) is 3. The van der Waals surface area contributed by atoms with E-state index in [1.807, 2.05) is 47.0 Å². The number of fused-ring (bicyclic) bond motifs is 1. The molecule has 6 N–H and O–H groups in total. The minimum atomic E-state index is 0. The molecule has 0 aliphatic carbocycles. The van der Waals surface area contributed by atoms with Crippen molar-refractivity contribution in [2.24, 2.45) is 0 Å². The Labute approximate surface area is 173 Å². The Morgan fingerprint density at radius 1 is 0.862 bits per heavy atom. The van der Waals surface area contributed by atoms with Gasteiger partial charge in [0, 0.05) is 36.3 Å². The summed E-state index contributed by atoms with van der Waals surface area (Å²) in [7, 11) is 0. The normalized spacial score (nSPS) is 9.45. The number of anilines is 3. The van der Waals surface area contributed by atoms with Gasteiger partial charge in [-0.25, -0.2) is 9.97 Å². The number of nitrogen functional groups attached to an aromatic ring is 3. The van der Waals surface area contributed by atoms with Crippen molar-refractivity contribution >= 4 is 35.2 Å². The minimum Gasteiger partial charge on any atom is -0.398 e. The van der Waals surface area contributed by atoms with E-state index in [4.69, 9.17) is 27.7 Å². The van der Waals surface area contributed by atoms with Crippen molar-refractivity contribution in [3.05, 3.63) is 72.2 Å². The molecule has 29 heavy (non-hydrogen) atoms. The molecule has 0 aliphatic rings. The largest absolute Gasteiger partial charge is 0.398 e. The first-order valence-electron chi connectivity index (χ1n) is 8.16. The smallest absolute Gasteiger partial charge is 0.139 e. The Hall–Kier alpha value is -4.27. The molecule has 0 radical (unpaired) electrons. The lowest BCUT2D eigenvalue weighted by molar-refractivity contribution is 1.18. The highest BCUT2D eigenvalue weighted by Gasteiger charge is 2.07. The first kappa shape index (κ1) is 21.0. The van der Waals surface area contributed by atoms with Gasteiger partial charge in [0.05, 0.1) is 28.2 Å². The standard InChI is InChI=1S/C14H10N4.C6H6N4.ClH/c15-7-11-8-18-9-13(10-4-2-1-3-5-10)17-14(18)6-12(11)16;7-2-4-3-10-6(9)1-5(4)8;/h1-6,8-9H,16H2;1,3H,(H4,8,9,10);1H. The van der Waals surface area contributed by atoms with Crippen LogP contribution in [0.3, 0.4) is 0 Å². The summed E-state index contributed by atoms with van der Waals surface area (Å²) >= 11 is 0. The van der Waals surface area contributed by atoms with Gasteiger partial charge in [-0.15, -0.1) is 12.4 Å². The number of aromatic nitrogens is 3. The first-order chi connectivity index (χ1) is 13.5. The van der Waals surface area contributed by atoms with Gasteiger partial charge in [0.15, 0.2) is 0 Å². The van der Waals surface area contributed by atoms with Crippen molar-refractivity contribution in [1.82, 2.24) is 14.4 Å². The summed E-state index contributed by atoms with van der Waals surface area (Å²) in [5.74, 6) is 0.330. The molecule has 3 aromatic heterocycles. The third-order valence-electron chi connectivity index (χ3n) is 3.89. The predicted molar refractivity (Wildman–Crippen MR) is 115 cm³/mol. The van der Waals surface area contributed by atoms with Crippen molar-refractivity contribution in [3.8, 4) is 23.4 Å². The monoisotopic (exact) mass is 404 g/mol. The molecule has 0 aliphatic heterocycles. The molecule has 0 bridgehead atoms. The lowest BCUT2D eigenvalue weighted by Crippen LogP contribution is -1.95. The second kappa shape index (κ2) is 9.09. The summed E-state index contributed by atoms with van der Waals surface area (Å²) in [5, 5.41) is 17.3. The highest BCUT2D eigenvalue weighted by atomic mass is 35.5. The molecule has 3 heterocycles. The van der Waals surface area contributed by atoms with E-state index < -0.39 is 0 Å². The molecule has 1 aromatic carbocycles. The van der Waals surface area contributed by atoms with Crippen molar-refractivity contribution in [1.29, 1.82) is 10.5 Å². The molecule has 0 fully saturated rings. The predicted octanol–water partition coefficient (Wildman–Crippen LogP) is 2.99. The van der Waals surface area contributed by atoms with Crippen LogP contribution in [-0.4, -0.2) is 14.4 Å². The van der Waals surface area contributed by atoms with Crippen LogP contribution in [0.2, 0.25) is 0 Å². The van der Waals surface area contributed by atoms with Gasteiger partial charge in [0.25, 0.3) is 0 Å². The number of benzene rings is 1. The van der Waals surface area contributed by atoms with E-state index in [2.05, 4.69) is 16.0 Å². The van der Waals surface area contributed by atoms with E-state index in [1.54, 1.807) is 12.3 Å².